The number of hydrogen-bond acceptors (Lipinski definition) is 4. The summed E-state index contributed by atoms with van der Waals surface area (Å²) in [5, 5.41) is 3.84. The van der Waals surface area contributed by atoms with Gasteiger partial charge in [-0.1, -0.05) is 26.0 Å². The maximum Gasteiger partial charge on any atom is 0.260 e. The summed E-state index contributed by atoms with van der Waals surface area (Å²) < 4.78 is 0. The lowest BCUT2D eigenvalue weighted by molar-refractivity contribution is 0.240. The number of nitrogens with one attached hydrogen (secondary N) is 2. The summed E-state index contributed by atoms with van der Waals surface area (Å²) in [4.78, 5) is 21.5. The highest BCUT2D eigenvalue weighted by atomic mass is 16.1. The number of benzene rings is 1. The topological polar surface area (TPSA) is 61.0 Å². The second-order valence-electron chi connectivity index (χ2n) is 4.88. The van der Waals surface area contributed by atoms with Crippen LogP contribution in [0.25, 0.3) is 10.9 Å². The smallest absolute Gasteiger partial charge is 0.260 e. The Kier molecular flexibility index (Phi) is 4.74. The van der Waals surface area contributed by atoms with Gasteiger partial charge in [0.1, 0.15) is 0 Å². The molecule has 2 aromatic rings. The number of anilines is 1. The van der Waals surface area contributed by atoms with Crippen LogP contribution in [0.15, 0.2) is 29.1 Å². The van der Waals surface area contributed by atoms with Gasteiger partial charge in [0.2, 0.25) is 5.95 Å². The molecule has 0 saturated heterocycles. The number of fused-ring (bicyclic) bond motifs is 1. The van der Waals surface area contributed by atoms with E-state index in [9.17, 15) is 4.79 Å². The molecule has 1 heterocycles. The minimum atomic E-state index is -0.103. The largest absolute Gasteiger partial charge is 0.354 e. The van der Waals surface area contributed by atoms with E-state index in [-0.39, 0.29) is 5.56 Å². The van der Waals surface area contributed by atoms with Crippen LogP contribution in [0, 0.1) is 0 Å². The molecule has 20 heavy (non-hydrogen) atoms. The highest BCUT2D eigenvalue weighted by Crippen LogP contribution is 2.08. The molecule has 0 aliphatic carbocycles. The number of H-pyrrole nitrogens is 1. The number of aromatic nitrogens is 2. The van der Waals surface area contributed by atoms with E-state index in [1.54, 1.807) is 6.07 Å². The first-order valence-corrected chi connectivity index (χ1v) is 7.12. The fourth-order valence-electron chi connectivity index (χ4n) is 2.39. The zero-order valence-corrected chi connectivity index (χ0v) is 12.3. The van der Waals surface area contributed by atoms with Gasteiger partial charge in [0, 0.05) is 12.6 Å². The lowest BCUT2D eigenvalue weighted by atomic mass is 10.2. The first-order chi connectivity index (χ1) is 9.65. The van der Waals surface area contributed by atoms with Gasteiger partial charge in [-0.05, 0) is 32.1 Å². The average molecular weight is 274 g/mol. The molecule has 0 aliphatic heterocycles. The Hall–Kier alpha value is -1.88. The van der Waals surface area contributed by atoms with Crippen molar-refractivity contribution in [2.75, 3.05) is 25.0 Å². The Balaban J connectivity index is 2.12. The van der Waals surface area contributed by atoms with Crippen LogP contribution in [0.1, 0.15) is 20.8 Å². The molecule has 0 spiro atoms. The fraction of sp³-hybridized carbons (Fsp3) is 0.467. The highest BCUT2D eigenvalue weighted by molar-refractivity contribution is 5.78. The van der Waals surface area contributed by atoms with Gasteiger partial charge in [-0.2, -0.15) is 0 Å². The molecule has 0 aliphatic rings. The first-order valence-electron chi connectivity index (χ1n) is 7.12. The first kappa shape index (κ1) is 14.5. The van der Waals surface area contributed by atoms with Gasteiger partial charge >= 0.3 is 0 Å². The summed E-state index contributed by atoms with van der Waals surface area (Å²) in [5.74, 6) is 0.535. The molecule has 2 rings (SSSR count). The van der Waals surface area contributed by atoms with Gasteiger partial charge in [-0.3, -0.25) is 14.7 Å². The quantitative estimate of drug-likeness (QED) is 0.846. The van der Waals surface area contributed by atoms with Crippen LogP contribution in [0.2, 0.25) is 0 Å². The van der Waals surface area contributed by atoms with Crippen LogP contribution < -0.4 is 10.9 Å². The van der Waals surface area contributed by atoms with E-state index in [1.165, 1.54) is 0 Å². The van der Waals surface area contributed by atoms with E-state index in [4.69, 9.17) is 0 Å². The van der Waals surface area contributed by atoms with Crippen molar-refractivity contribution in [3.8, 4) is 0 Å². The number of rotatable bonds is 6. The van der Waals surface area contributed by atoms with Crippen LogP contribution in [-0.4, -0.2) is 40.5 Å². The van der Waals surface area contributed by atoms with Crippen molar-refractivity contribution in [1.82, 2.24) is 14.9 Å². The molecule has 2 N–H and O–H groups in total. The summed E-state index contributed by atoms with van der Waals surface area (Å²) in [6.07, 6.45) is 0. The molecule has 1 aromatic heterocycles. The van der Waals surface area contributed by atoms with Gasteiger partial charge < -0.3 is 5.32 Å². The van der Waals surface area contributed by atoms with Crippen LogP contribution in [0.5, 0.6) is 0 Å². The molecule has 0 saturated carbocycles. The molecule has 0 amide bonds. The second kappa shape index (κ2) is 6.52. The van der Waals surface area contributed by atoms with Crippen LogP contribution >= 0.6 is 0 Å². The molecule has 0 unspecified atom stereocenters. The Morgan fingerprint density at radius 2 is 2.00 bits per heavy atom. The summed E-state index contributed by atoms with van der Waals surface area (Å²) in [6, 6.07) is 7.75. The van der Waals surface area contributed by atoms with E-state index in [0.29, 0.717) is 22.9 Å². The molecule has 0 bridgehead atoms. The molecule has 0 fully saturated rings. The Labute approximate surface area is 119 Å². The average Bonchev–Trinajstić information content (AvgIpc) is 2.46. The number of para-hydroxylation sites is 1. The van der Waals surface area contributed by atoms with Crippen molar-refractivity contribution < 1.29 is 0 Å². The van der Waals surface area contributed by atoms with Crippen molar-refractivity contribution in [2.24, 2.45) is 0 Å². The Morgan fingerprint density at radius 3 is 2.70 bits per heavy atom. The molecule has 1 atom stereocenters. The number of aromatic amines is 1. The molecule has 5 nitrogen and oxygen atoms in total. The normalized spacial score (nSPS) is 12.8. The van der Waals surface area contributed by atoms with Gasteiger partial charge in [-0.25, -0.2) is 4.98 Å². The lowest BCUT2D eigenvalue weighted by Crippen LogP contribution is -2.38. The predicted octanol–water partition coefficient (Wildman–Crippen LogP) is 2.07. The zero-order chi connectivity index (χ0) is 14.5. The standard InChI is InChI=1S/C15H22N4O/c1-4-19(5-2)11(3)10-16-15-17-13-9-7-6-8-12(13)14(20)18-15/h6-9,11H,4-5,10H2,1-3H3,(H2,16,17,18,20)/t11-/m1/s1. The summed E-state index contributed by atoms with van der Waals surface area (Å²) >= 11 is 0. The highest BCUT2D eigenvalue weighted by Gasteiger charge is 2.10. The molecule has 1 aromatic carbocycles. The number of nitrogens with zero attached hydrogens (tertiary/aromatic N) is 2. The third-order valence-electron chi connectivity index (χ3n) is 3.61. The van der Waals surface area contributed by atoms with Crippen molar-refractivity contribution in [2.45, 2.75) is 26.8 Å². The van der Waals surface area contributed by atoms with Crippen LogP contribution in [-0.2, 0) is 0 Å². The molecule has 0 radical (unpaired) electrons. The molecular formula is C15H22N4O. The zero-order valence-electron chi connectivity index (χ0n) is 12.3. The third kappa shape index (κ3) is 3.17. The van der Waals surface area contributed by atoms with Crippen molar-refractivity contribution in [3.63, 3.8) is 0 Å². The summed E-state index contributed by atoms with van der Waals surface area (Å²) in [6.45, 7) is 9.25. The molecule has 5 heteroatoms. The monoisotopic (exact) mass is 274 g/mol. The molecule has 108 valence electrons. The van der Waals surface area contributed by atoms with Crippen molar-refractivity contribution in [3.05, 3.63) is 34.6 Å². The van der Waals surface area contributed by atoms with Gasteiger partial charge in [0.15, 0.2) is 0 Å². The van der Waals surface area contributed by atoms with E-state index in [1.807, 2.05) is 18.2 Å². The maximum absolute atomic E-state index is 11.9. The Bertz CT molecular complexity index is 619. The SMILES string of the molecule is CCN(CC)[C@H](C)CNc1nc2ccccc2c(=O)[nH]1. The van der Waals surface area contributed by atoms with Crippen LogP contribution in [0.4, 0.5) is 5.95 Å². The second-order valence-corrected chi connectivity index (χ2v) is 4.88. The predicted molar refractivity (Wildman–Crippen MR) is 83.2 cm³/mol. The van der Waals surface area contributed by atoms with Crippen molar-refractivity contribution >= 4 is 16.9 Å². The van der Waals surface area contributed by atoms with E-state index < -0.39 is 0 Å². The fourth-order valence-corrected chi connectivity index (χ4v) is 2.39. The lowest BCUT2D eigenvalue weighted by Gasteiger charge is -2.26. The van der Waals surface area contributed by atoms with Crippen LogP contribution in [0.3, 0.4) is 0 Å². The van der Waals surface area contributed by atoms with E-state index in [2.05, 4.69) is 41.0 Å². The molecular weight excluding hydrogens is 252 g/mol. The number of likely N-dealkylation sites (N-methyl/N-ethyl adjacent to an activating group) is 1. The van der Waals surface area contributed by atoms with Crippen molar-refractivity contribution in [1.29, 1.82) is 0 Å². The number of hydrogen-bond donors (Lipinski definition) is 2. The minimum absolute atomic E-state index is 0.103. The van der Waals surface area contributed by atoms with Gasteiger partial charge in [0.05, 0.1) is 10.9 Å². The van der Waals surface area contributed by atoms with Gasteiger partial charge in [0.25, 0.3) is 5.56 Å². The van der Waals surface area contributed by atoms with E-state index >= 15 is 0 Å². The Morgan fingerprint density at radius 1 is 1.30 bits per heavy atom. The summed E-state index contributed by atoms with van der Waals surface area (Å²) in [7, 11) is 0. The minimum Gasteiger partial charge on any atom is -0.354 e. The summed E-state index contributed by atoms with van der Waals surface area (Å²) in [5.41, 5.74) is 0.614. The van der Waals surface area contributed by atoms with E-state index in [0.717, 1.165) is 19.6 Å². The third-order valence-corrected chi connectivity index (χ3v) is 3.61. The van der Waals surface area contributed by atoms with Gasteiger partial charge in [-0.15, -0.1) is 0 Å². The maximum atomic E-state index is 11.9.